The molecule has 0 spiro atoms. The number of rotatable bonds is 5. The second-order valence-corrected chi connectivity index (χ2v) is 9.23. The lowest BCUT2D eigenvalue weighted by Gasteiger charge is -2.16. The van der Waals surface area contributed by atoms with Gasteiger partial charge >= 0.3 is 0 Å². The Morgan fingerprint density at radius 3 is 1.86 bits per heavy atom. The van der Waals surface area contributed by atoms with Crippen molar-refractivity contribution in [1.29, 1.82) is 0 Å². The standard InChI is InChI=1S/C33H25N3O/c1-22-28(25-8-4-3-5-9-25)10-6-12-30(22)31-13-7-11-29(23(31)2)27-18-19-36-32(20-27)34-35-33(36)26-16-14-24(21-37)15-17-26/h3-21H,1-2H3. The maximum absolute atomic E-state index is 11.0. The number of hydrogen-bond acceptors (Lipinski definition) is 3. The lowest BCUT2D eigenvalue weighted by atomic mass is 9.88. The molecule has 37 heavy (non-hydrogen) atoms. The van der Waals surface area contributed by atoms with Crippen LogP contribution in [-0.4, -0.2) is 20.9 Å². The SMILES string of the molecule is Cc1c(-c2ccccc2)cccc1-c1cccc(-c2ccn3c(-c4ccc(C=O)cc4)nnc3c2)c1C. The first-order valence-corrected chi connectivity index (χ1v) is 12.3. The van der Waals surface area contributed by atoms with E-state index >= 15 is 0 Å². The maximum Gasteiger partial charge on any atom is 0.168 e. The summed E-state index contributed by atoms with van der Waals surface area (Å²) >= 11 is 0. The fraction of sp³-hybridized carbons (Fsp3) is 0.0606. The van der Waals surface area contributed by atoms with Crippen molar-refractivity contribution in [2.24, 2.45) is 0 Å². The van der Waals surface area contributed by atoms with Crippen molar-refractivity contribution in [2.45, 2.75) is 13.8 Å². The van der Waals surface area contributed by atoms with E-state index in [9.17, 15) is 4.79 Å². The molecule has 0 atom stereocenters. The van der Waals surface area contributed by atoms with Crippen LogP contribution in [0.2, 0.25) is 0 Å². The molecule has 0 unspecified atom stereocenters. The first-order valence-electron chi connectivity index (χ1n) is 12.3. The van der Waals surface area contributed by atoms with Crippen LogP contribution in [-0.2, 0) is 0 Å². The van der Waals surface area contributed by atoms with E-state index in [1.54, 1.807) is 12.1 Å². The van der Waals surface area contributed by atoms with Crippen molar-refractivity contribution in [2.75, 3.05) is 0 Å². The van der Waals surface area contributed by atoms with Crippen molar-refractivity contribution < 1.29 is 4.79 Å². The van der Waals surface area contributed by atoms with E-state index in [2.05, 4.69) is 103 Å². The molecule has 0 amide bonds. The van der Waals surface area contributed by atoms with Crippen molar-refractivity contribution in [1.82, 2.24) is 14.6 Å². The van der Waals surface area contributed by atoms with Gasteiger partial charge in [-0.1, -0.05) is 91.0 Å². The third kappa shape index (κ3) is 4.03. The highest BCUT2D eigenvalue weighted by Crippen LogP contribution is 2.37. The van der Waals surface area contributed by atoms with E-state index in [0.717, 1.165) is 28.9 Å². The summed E-state index contributed by atoms with van der Waals surface area (Å²) in [5.41, 5.74) is 12.0. The predicted molar refractivity (Wildman–Crippen MR) is 150 cm³/mol. The molecule has 178 valence electrons. The predicted octanol–water partition coefficient (Wildman–Crippen LogP) is 7.83. The summed E-state index contributed by atoms with van der Waals surface area (Å²) in [7, 11) is 0. The molecule has 4 nitrogen and oxygen atoms in total. The van der Waals surface area contributed by atoms with Gasteiger partial charge in [0.1, 0.15) is 6.29 Å². The lowest BCUT2D eigenvalue weighted by molar-refractivity contribution is 0.112. The number of carbonyl (C=O) groups excluding carboxylic acids is 1. The molecular weight excluding hydrogens is 454 g/mol. The third-order valence-electron chi connectivity index (χ3n) is 7.07. The van der Waals surface area contributed by atoms with Gasteiger partial charge in [-0.2, -0.15) is 0 Å². The van der Waals surface area contributed by atoms with E-state index < -0.39 is 0 Å². The zero-order valence-electron chi connectivity index (χ0n) is 20.7. The minimum atomic E-state index is 0.639. The molecule has 2 heterocycles. The molecule has 2 aromatic heterocycles. The van der Waals surface area contributed by atoms with Gasteiger partial charge in [0, 0.05) is 17.3 Å². The number of benzene rings is 4. The molecule has 0 radical (unpaired) electrons. The molecule has 6 rings (SSSR count). The highest BCUT2D eigenvalue weighted by atomic mass is 16.1. The molecule has 6 aromatic rings. The normalized spacial score (nSPS) is 11.1. The number of carbonyl (C=O) groups is 1. The van der Waals surface area contributed by atoms with Crippen LogP contribution < -0.4 is 0 Å². The van der Waals surface area contributed by atoms with Gasteiger partial charge in [-0.3, -0.25) is 9.20 Å². The Hall–Kier alpha value is -4.83. The topological polar surface area (TPSA) is 47.3 Å². The third-order valence-corrected chi connectivity index (χ3v) is 7.07. The first-order chi connectivity index (χ1) is 18.1. The van der Waals surface area contributed by atoms with E-state index in [4.69, 9.17) is 0 Å². The average molecular weight is 480 g/mol. The van der Waals surface area contributed by atoms with E-state index in [-0.39, 0.29) is 0 Å². The van der Waals surface area contributed by atoms with Crippen molar-refractivity contribution in [3.05, 3.63) is 126 Å². The van der Waals surface area contributed by atoms with Gasteiger partial charge in [0.05, 0.1) is 0 Å². The van der Waals surface area contributed by atoms with Gasteiger partial charge in [-0.05, 0) is 70.5 Å². The van der Waals surface area contributed by atoms with Gasteiger partial charge in [0.15, 0.2) is 11.5 Å². The summed E-state index contributed by atoms with van der Waals surface area (Å²) < 4.78 is 1.98. The molecule has 4 aromatic carbocycles. The Morgan fingerprint density at radius 2 is 1.22 bits per heavy atom. The van der Waals surface area contributed by atoms with E-state index in [1.807, 2.05) is 22.7 Å². The van der Waals surface area contributed by atoms with E-state index in [0.29, 0.717) is 5.56 Å². The van der Waals surface area contributed by atoms with Crippen molar-refractivity contribution in [3.63, 3.8) is 0 Å². The Morgan fingerprint density at radius 1 is 0.595 bits per heavy atom. The fourth-order valence-electron chi connectivity index (χ4n) is 5.06. The Bertz CT molecular complexity index is 1750. The summed E-state index contributed by atoms with van der Waals surface area (Å²) in [6.45, 7) is 4.39. The Kier molecular flexibility index (Phi) is 5.70. The minimum Gasteiger partial charge on any atom is -0.298 e. The largest absolute Gasteiger partial charge is 0.298 e. The second kappa shape index (κ2) is 9.32. The Balaban J connectivity index is 1.41. The molecular formula is C33H25N3O. The van der Waals surface area contributed by atoms with Crippen LogP contribution in [0.25, 0.3) is 50.4 Å². The first kappa shape index (κ1) is 22.6. The summed E-state index contributed by atoms with van der Waals surface area (Å²) in [6.07, 6.45) is 2.86. The van der Waals surface area contributed by atoms with Crippen LogP contribution in [0, 0.1) is 13.8 Å². The monoisotopic (exact) mass is 479 g/mol. The number of hydrogen-bond donors (Lipinski definition) is 0. The smallest absolute Gasteiger partial charge is 0.168 e. The van der Waals surface area contributed by atoms with Gasteiger partial charge in [-0.25, -0.2) is 0 Å². The van der Waals surface area contributed by atoms with Crippen molar-refractivity contribution >= 4 is 11.9 Å². The molecule has 0 aliphatic rings. The van der Waals surface area contributed by atoms with Crippen LogP contribution in [0.3, 0.4) is 0 Å². The van der Waals surface area contributed by atoms with Gasteiger partial charge in [0.25, 0.3) is 0 Å². The molecule has 0 aliphatic carbocycles. The number of aldehydes is 1. The summed E-state index contributed by atoms with van der Waals surface area (Å²) in [6, 6.07) is 35.1. The van der Waals surface area contributed by atoms with Crippen LogP contribution >= 0.6 is 0 Å². The number of aromatic nitrogens is 3. The summed E-state index contributed by atoms with van der Waals surface area (Å²) in [4.78, 5) is 11.0. The fourth-order valence-corrected chi connectivity index (χ4v) is 5.06. The minimum absolute atomic E-state index is 0.639. The molecule has 0 aliphatic heterocycles. The quantitative estimate of drug-likeness (QED) is 0.237. The molecule has 0 saturated heterocycles. The Labute approximate surface area is 215 Å². The van der Waals surface area contributed by atoms with Crippen LogP contribution in [0.15, 0.2) is 109 Å². The second-order valence-electron chi connectivity index (χ2n) is 9.23. The lowest BCUT2D eigenvalue weighted by Crippen LogP contribution is -1.94. The number of pyridine rings is 1. The molecule has 4 heteroatoms. The van der Waals surface area contributed by atoms with Crippen molar-refractivity contribution in [3.8, 4) is 44.8 Å². The molecule has 0 N–H and O–H groups in total. The molecule has 0 saturated carbocycles. The number of nitrogens with zero attached hydrogens (tertiary/aromatic N) is 3. The van der Waals surface area contributed by atoms with Crippen LogP contribution in [0.5, 0.6) is 0 Å². The van der Waals surface area contributed by atoms with Gasteiger partial charge < -0.3 is 0 Å². The maximum atomic E-state index is 11.0. The zero-order chi connectivity index (χ0) is 25.4. The molecule has 0 fully saturated rings. The molecule has 0 bridgehead atoms. The zero-order valence-corrected chi connectivity index (χ0v) is 20.7. The summed E-state index contributed by atoms with van der Waals surface area (Å²) in [5, 5.41) is 8.85. The highest BCUT2D eigenvalue weighted by molar-refractivity contribution is 5.84. The average Bonchev–Trinajstić information content (AvgIpc) is 3.37. The van der Waals surface area contributed by atoms with Crippen LogP contribution in [0.4, 0.5) is 0 Å². The van der Waals surface area contributed by atoms with E-state index in [1.165, 1.54) is 38.9 Å². The summed E-state index contributed by atoms with van der Waals surface area (Å²) in [5.74, 6) is 0.748. The van der Waals surface area contributed by atoms with Gasteiger partial charge in [-0.15, -0.1) is 10.2 Å². The van der Waals surface area contributed by atoms with Gasteiger partial charge in [0.2, 0.25) is 0 Å². The number of fused-ring (bicyclic) bond motifs is 1. The van der Waals surface area contributed by atoms with Crippen LogP contribution in [0.1, 0.15) is 21.5 Å². The highest BCUT2D eigenvalue weighted by Gasteiger charge is 2.14.